The summed E-state index contributed by atoms with van der Waals surface area (Å²) < 4.78 is 27.0. The number of sulfonamides is 1. The van der Waals surface area contributed by atoms with E-state index in [4.69, 9.17) is 0 Å². The van der Waals surface area contributed by atoms with Crippen molar-refractivity contribution in [2.45, 2.75) is 52.0 Å². The number of benzene rings is 1. The van der Waals surface area contributed by atoms with Crippen LogP contribution >= 0.6 is 0 Å². The molecule has 4 nitrogen and oxygen atoms in total. The quantitative estimate of drug-likeness (QED) is 0.842. The van der Waals surface area contributed by atoms with Gasteiger partial charge in [-0.2, -0.15) is 4.31 Å². The topological polar surface area (TPSA) is 57.6 Å². The monoisotopic (exact) mass is 299 g/mol. The number of hydrogen-bond donors (Lipinski definition) is 1. The van der Waals surface area contributed by atoms with Crippen LogP contribution in [-0.2, 0) is 16.6 Å². The van der Waals surface area contributed by atoms with Gasteiger partial charge in [0, 0.05) is 13.1 Å². The molecule has 0 unspecified atom stereocenters. The molecule has 0 bridgehead atoms. The summed E-state index contributed by atoms with van der Waals surface area (Å²) in [6, 6.07) is 3.44. The third-order valence-electron chi connectivity index (χ3n) is 3.37. The Bertz CT molecular complexity index is 546. The van der Waals surface area contributed by atoms with Crippen LogP contribution in [0.25, 0.3) is 0 Å². The highest BCUT2D eigenvalue weighted by molar-refractivity contribution is 7.89. The van der Waals surface area contributed by atoms with Crippen molar-refractivity contribution in [2.24, 2.45) is 0 Å². The highest BCUT2D eigenvalue weighted by Crippen LogP contribution is 2.24. The maximum atomic E-state index is 12.8. The predicted molar refractivity (Wildman–Crippen MR) is 81.2 cm³/mol. The maximum Gasteiger partial charge on any atom is 0.243 e. The standard InChI is InChI=1S/C15H25NO3S/c1-5-7-16(8-6-2)20(18,19)15-10-14(11-17)12(3)9-13(15)4/h9-10,17H,5-8,11H2,1-4H3. The fourth-order valence-electron chi connectivity index (χ4n) is 2.31. The fourth-order valence-corrected chi connectivity index (χ4v) is 4.19. The van der Waals surface area contributed by atoms with Crippen LogP contribution in [0.1, 0.15) is 43.4 Å². The summed E-state index contributed by atoms with van der Waals surface area (Å²) in [6.45, 7) is 8.53. The van der Waals surface area contributed by atoms with Gasteiger partial charge >= 0.3 is 0 Å². The van der Waals surface area contributed by atoms with Gasteiger partial charge in [-0.05, 0) is 49.4 Å². The van der Waals surface area contributed by atoms with Crippen LogP contribution in [0.3, 0.4) is 0 Å². The second-order valence-corrected chi connectivity index (χ2v) is 7.01. The van der Waals surface area contributed by atoms with Crippen LogP contribution in [0.5, 0.6) is 0 Å². The van der Waals surface area contributed by atoms with Gasteiger partial charge in [0.1, 0.15) is 0 Å². The second kappa shape index (κ2) is 7.20. The lowest BCUT2D eigenvalue weighted by Crippen LogP contribution is -2.33. The van der Waals surface area contributed by atoms with E-state index in [-0.39, 0.29) is 6.61 Å². The summed E-state index contributed by atoms with van der Waals surface area (Å²) in [5.74, 6) is 0. The molecule has 0 aromatic heterocycles. The molecule has 0 spiro atoms. The molecule has 1 N–H and O–H groups in total. The summed E-state index contributed by atoms with van der Waals surface area (Å²) in [4.78, 5) is 0.314. The molecule has 114 valence electrons. The Morgan fingerprint density at radius 1 is 1.05 bits per heavy atom. The molecule has 1 rings (SSSR count). The van der Waals surface area contributed by atoms with Crippen molar-refractivity contribution in [3.8, 4) is 0 Å². The summed E-state index contributed by atoms with van der Waals surface area (Å²) in [6.07, 6.45) is 1.58. The zero-order chi connectivity index (χ0) is 15.3. The van der Waals surface area contributed by atoms with Crippen molar-refractivity contribution >= 4 is 10.0 Å². The van der Waals surface area contributed by atoms with Crippen molar-refractivity contribution in [3.05, 3.63) is 28.8 Å². The first kappa shape index (κ1) is 17.1. The molecule has 1 aromatic rings. The maximum absolute atomic E-state index is 12.8. The first-order chi connectivity index (χ1) is 9.38. The molecule has 0 amide bonds. The zero-order valence-electron chi connectivity index (χ0n) is 12.8. The van der Waals surface area contributed by atoms with Gasteiger partial charge in [-0.15, -0.1) is 0 Å². The van der Waals surface area contributed by atoms with E-state index >= 15 is 0 Å². The third-order valence-corrected chi connectivity index (χ3v) is 5.41. The molecule has 0 aliphatic rings. The lowest BCUT2D eigenvalue weighted by atomic mass is 10.1. The summed E-state index contributed by atoms with van der Waals surface area (Å²) in [5.41, 5.74) is 2.32. The molecule has 0 saturated heterocycles. The number of aliphatic hydroxyl groups is 1. The van der Waals surface area contributed by atoms with Gasteiger partial charge in [0.2, 0.25) is 10.0 Å². The van der Waals surface area contributed by atoms with Crippen LogP contribution in [0, 0.1) is 13.8 Å². The van der Waals surface area contributed by atoms with Crippen molar-refractivity contribution < 1.29 is 13.5 Å². The van der Waals surface area contributed by atoms with Crippen molar-refractivity contribution in [1.82, 2.24) is 4.31 Å². The van der Waals surface area contributed by atoms with Gasteiger partial charge in [-0.25, -0.2) is 8.42 Å². The molecule has 1 aromatic carbocycles. The molecule has 20 heavy (non-hydrogen) atoms. The van der Waals surface area contributed by atoms with E-state index in [1.54, 1.807) is 13.0 Å². The van der Waals surface area contributed by atoms with Gasteiger partial charge in [0.15, 0.2) is 0 Å². The van der Waals surface area contributed by atoms with Crippen molar-refractivity contribution in [3.63, 3.8) is 0 Å². The molecule has 5 heteroatoms. The van der Waals surface area contributed by atoms with E-state index in [1.165, 1.54) is 4.31 Å². The first-order valence-electron chi connectivity index (χ1n) is 7.09. The van der Waals surface area contributed by atoms with Crippen LogP contribution in [-0.4, -0.2) is 30.9 Å². The average Bonchev–Trinajstić information content (AvgIpc) is 2.38. The molecule has 0 saturated carbocycles. The van der Waals surface area contributed by atoms with Gasteiger partial charge < -0.3 is 5.11 Å². The fraction of sp³-hybridized carbons (Fsp3) is 0.600. The summed E-state index contributed by atoms with van der Waals surface area (Å²) in [7, 11) is -3.48. The number of aliphatic hydroxyl groups excluding tert-OH is 1. The molecule has 0 aliphatic carbocycles. The van der Waals surface area contributed by atoms with Gasteiger partial charge in [-0.3, -0.25) is 0 Å². The van der Waals surface area contributed by atoms with Crippen LogP contribution in [0.4, 0.5) is 0 Å². The molecular formula is C15H25NO3S. The van der Waals surface area contributed by atoms with E-state index in [0.29, 0.717) is 23.5 Å². The lowest BCUT2D eigenvalue weighted by molar-refractivity contribution is 0.280. The smallest absolute Gasteiger partial charge is 0.243 e. The summed E-state index contributed by atoms with van der Waals surface area (Å²) in [5, 5.41) is 9.34. The Labute approximate surface area is 122 Å². The second-order valence-electron chi connectivity index (χ2n) is 5.11. The number of hydrogen-bond acceptors (Lipinski definition) is 3. The molecule has 0 atom stereocenters. The van der Waals surface area contributed by atoms with E-state index in [9.17, 15) is 13.5 Å². The third kappa shape index (κ3) is 3.59. The number of rotatable bonds is 7. The average molecular weight is 299 g/mol. The van der Waals surface area contributed by atoms with E-state index < -0.39 is 10.0 Å². The van der Waals surface area contributed by atoms with Crippen LogP contribution < -0.4 is 0 Å². The predicted octanol–water partition coefficient (Wildman–Crippen LogP) is 2.61. The highest BCUT2D eigenvalue weighted by atomic mass is 32.2. The Balaban J connectivity index is 3.32. The first-order valence-corrected chi connectivity index (χ1v) is 8.53. The SMILES string of the molecule is CCCN(CCC)S(=O)(=O)c1cc(CO)c(C)cc1C. The van der Waals surface area contributed by atoms with E-state index in [1.807, 2.05) is 26.8 Å². The Morgan fingerprint density at radius 2 is 1.60 bits per heavy atom. The zero-order valence-corrected chi connectivity index (χ0v) is 13.6. The minimum absolute atomic E-state index is 0.143. The van der Waals surface area contributed by atoms with Crippen LogP contribution in [0.2, 0.25) is 0 Å². The van der Waals surface area contributed by atoms with E-state index in [2.05, 4.69) is 0 Å². The minimum Gasteiger partial charge on any atom is -0.392 e. The van der Waals surface area contributed by atoms with Crippen molar-refractivity contribution in [1.29, 1.82) is 0 Å². The Hall–Kier alpha value is -0.910. The van der Waals surface area contributed by atoms with Gasteiger partial charge in [-0.1, -0.05) is 19.9 Å². The molecule has 0 heterocycles. The molecular weight excluding hydrogens is 274 g/mol. The van der Waals surface area contributed by atoms with Crippen LogP contribution in [0.15, 0.2) is 17.0 Å². The summed E-state index contributed by atoms with van der Waals surface area (Å²) >= 11 is 0. The highest BCUT2D eigenvalue weighted by Gasteiger charge is 2.25. The lowest BCUT2D eigenvalue weighted by Gasteiger charge is -2.22. The number of aryl methyl sites for hydroxylation is 2. The van der Waals surface area contributed by atoms with Gasteiger partial charge in [0.25, 0.3) is 0 Å². The van der Waals surface area contributed by atoms with Crippen molar-refractivity contribution in [2.75, 3.05) is 13.1 Å². The van der Waals surface area contributed by atoms with E-state index in [0.717, 1.165) is 24.0 Å². The largest absolute Gasteiger partial charge is 0.392 e. The van der Waals surface area contributed by atoms with Gasteiger partial charge in [0.05, 0.1) is 11.5 Å². The molecule has 0 fully saturated rings. The molecule has 0 aliphatic heterocycles. The Kier molecular flexibility index (Phi) is 6.17. The normalized spacial score (nSPS) is 12.1. The molecule has 0 radical (unpaired) electrons. The Morgan fingerprint density at radius 3 is 2.05 bits per heavy atom. The number of nitrogens with zero attached hydrogens (tertiary/aromatic N) is 1. The minimum atomic E-state index is -3.48.